The summed E-state index contributed by atoms with van der Waals surface area (Å²) in [6.07, 6.45) is 5.89. The number of anilines is 1. The van der Waals surface area contributed by atoms with Crippen LogP contribution in [0.2, 0.25) is 0 Å². The third kappa shape index (κ3) is 4.39. The van der Waals surface area contributed by atoms with Crippen molar-refractivity contribution in [2.24, 2.45) is 0 Å². The Hall–Kier alpha value is -1.69. The number of nitrogens with one attached hydrogen (secondary N) is 1. The molecule has 0 spiro atoms. The van der Waals surface area contributed by atoms with Gasteiger partial charge >= 0.3 is 5.97 Å². The van der Waals surface area contributed by atoms with Gasteiger partial charge in [0.25, 0.3) is 0 Å². The lowest BCUT2D eigenvalue weighted by Crippen LogP contribution is -2.21. The predicted molar refractivity (Wildman–Crippen MR) is 74.6 cm³/mol. The van der Waals surface area contributed by atoms with E-state index in [9.17, 15) is 13.6 Å². The molecule has 0 atom stereocenters. The first kappa shape index (κ1) is 15.7. The lowest BCUT2D eigenvalue weighted by Gasteiger charge is -2.22. The topological polar surface area (TPSA) is 58.6 Å². The highest BCUT2D eigenvalue weighted by atomic mass is 19.1. The molecule has 0 bridgehead atoms. The molecular weight excluding hydrogens is 280 g/mol. The molecule has 1 fully saturated rings. The summed E-state index contributed by atoms with van der Waals surface area (Å²) in [6, 6.07) is 1.60. The Morgan fingerprint density at radius 1 is 1.24 bits per heavy atom. The summed E-state index contributed by atoms with van der Waals surface area (Å²) in [6.45, 7) is 0.640. The number of rotatable bonds is 6. The van der Waals surface area contributed by atoms with Crippen molar-refractivity contribution < 1.29 is 23.4 Å². The van der Waals surface area contributed by atoms with E-state index in [4.69, 9.17) is 9.84 Å². The van der Waals surface area contributed by atoms with Crippen molar-refractivity contribution in [1.82, 2.24) is 0 Å². The third-order valence-electron chi connectivity index (χ3n) is 3.60. The number of halogens is 2. The van der Waals surface area contributed by atoms with Crippen molar-refractivity contribution >= 4 is 11.7 Å². The van der Waals surface area contributed by atoms with Crippen LogP contribution in [-0.4, -0.2) is 30.3 Å². The molecule has 1 aromatic rings. The van der Waals surface area contributed by atoms with Gasteiger partial charge < -0.3 is 15.2 Å². The average Bonchev–Trinajstić information content (AvgIpc) is 2.46. The highest BCUT2D eigenvalue weighted by Gasteiger charge is 2.15. The van der Waals surface area contributed by atoms with Gasteiger partial charge in [-0.15, -0.1) is 0 Å². The minimum Gasteiger partial charge on any atom is -0.478 e. The van der Waals surface area contributed by atoms with E-state index < -0.39 is 23.2 Å². The minimum absolute atomic E-state index is 0.240. The summed E-state index contributed by atoms with van der Waals surface area (Å²) < 4.78 is 32.9. The van der Waals surface area contributed by atoms with Crippen molar-refractivity contribution in [3.63, 3.8) is 0 Å². The Morgan fingerprint density at radius 3 is 2.43 bits per heavy atom. The Morgan fingerprint density at radius 2 is 1.86 bits per heavy atom. The summed E-state index contributed by atoms with van der Waals surface area (Å²) in [5, 5.41) is 11.3. The number of hydrogen-bond acceptors (Lipinski definition) is 3. The molecule has 116 valence electrons. The van der Waals surface area contributed by atoms with E-state index in [1.54, 1.807) is 0 Å². The maximum absolute atomic E-state index is 13.6. The maximum Gasteiger partial charge on any atom is 0.335 e. The zero-order valence-electron chi connectivity index (χ0n) is 11.7. The van der Waals surface area contributed by atoms with Crippen molar-refractivity contribution in [2.45, 2.75) is 38.2 Å². The number of hydrogen-bond donors (Lipinski definition) is 2. The highest BCUT2D eigenvalue weighted by Crippen LogP contribution is 2.22. The minimum atomic E-state index is -1.36. The number of ether oxygens (including phenoxy) is 1. The first-order valence-corrected chi connectivity index (χ1v) is 7.15. The van der Waals surface area contributed by atoms with Crippen LogP contribution in [0.15, 0.2) is 12.1 Å². The summed E-state index contributed by atoms with van der Waals surface area (Å²) in [7, 11) is 0. The molecule has 0 amide bonds. The molecule has 0 radical (unpaired) electrons. The molecule has 1 saturated carbocycles. The summed E-state index contributed by atoms with van der Waals surface area (Å²) >= 11 is 0. The molecule has 21 heavy (non-hydrogen) atoms. The van der Waals surface area contributed by atoms with Gasteiger partial charge in [0.1, 0.15) is 17.3 Å². The van der Waals surface area contributed by atoms with Gasteiger partial charge in [-0.25, -0.2) is 13.6 Å². The number of carboxylic acids is 1. The largest absolute Gasteiger partial charge is 0.478 e. The van der Waals surface area contributed by atoms with Crippen molar-refractivity contribution in [3.05, 3.63) is 29.3 Å². The maximum atomic E-state index is 13.6. The van der Waals surface area contributed by atoms with Gasteiger partial charge in [-0.05, 0) is 25.0 Å². The normalized spacial score (nSPS) is 15.9. The Balaban J connectivity index is 1.84. The van der Waals surface area contributed by atoms with Crippen LogP contribution in [-0.2, 0) is 4.74 Å². The molecule has 2 N–H and O–H groups in total. The van der Waals surface area contributed by atoms with Gasteiger partial charge in [0.2, 0.25) is 0 Å². The fourth-order valence-electron chi connectivity index (χ4n) is 2.50. The van der Waals surface area contributed by atoms with Gasteiger partial charge in [0, 0.05) is 6.54 Å². The van der Waals surface area contributed by atoms with E-state index in [0.717, 1.165) is 37.8 Å². The Labute approximate surface area is 122 Å². The fourth-order valence-corrected chi connectivity index (χ4v) is 2.50. The van der Waals surface area contributed by atoms with Crippen LogP contribution in [0.1, 0.15) is 42.5 Å². The zero-order chi connectivity index (χ0) is 15.2. The third-order valence-corrected chi connectivity index (χ3v) is 3.60. The summed E-state index contributed by atoms with van der Waals surface area (Å²) in [4.78, 5) is 10.7. The van der Waals surface area contributed by atoms with Crippen LogP contribution in [0.4, 0.5) is 14.5 Å². The van der Waals surface area contributed by atoms with Crippen LogP contribution in [0, 0.1) is 11.6 Å². The molecule has 4 nitrogen and oxygen atoms in total. The van der Waals surface area contributed by atoms with E-state index in [-0.39, 0.29) is 18.3 Å². The molecule has 0 unspecified atom stereocenters. The van der Waals surface area contributed by atoms with Gasteiger partial charge in [-0.2, -0.15) is 0 Å². The lowest BCUT2D eigenvalue weighted by molar-refractivity contribution is 0.0347. The molecule has 6 heteroatoms. The van der Waals surface area contributed by atoms with E-state index in [1.807, 2.05) is 0 Å². The number of carbonyl (C=O) groups is 1. The first-order valence-electron chi connectivity index (χ1n) is 7.15. The van der Waals surface area contributed by atoms with Crippen LogP contribution < -0.4 is 5.32 Å². The van der Waals surface area contributed by atoms with Crippen molar-refractivity contribution in [1.29, 1.82) is 0 Å². The van der Waals surface area contributed by atoms with E-state index in [1.165, 1.54) is 6.42 Å². The average molecular weight is 299 g/mol. The molecule has 1 aliphatic carbocycles. The number of benzene rings is 1. The molecule has 0 saturated heterocycles. The molecule has 0 aromatic heterocycles. The number of aromatic carboxylic acids is 1. The fraction of sp³-hybridized carbons (Fsp3) is 0.533. The molecule has 1 aromatic carbocycles. The zero-order valence-corrected chi connectivity index (χ0v) is 11.7. The van der Waals surface area contributed by atoms with Crippen LogP contribution in [0.3, 0.4) is 0 Å². The van der Waals surface area contributed by atoms with Crippen molar-refractivity contribution in [3.8, 4) is 0 Å². The van der Waals surface area contributed by atoms with Crippen LogP contribution in [0.25, 0.3) is 0 Å². The molecule has 0 aliphatic heterocycles. The van der Waals surface area contributed by atoms with E-state index >= 15 is 0 Å². The SMILES string of the molecule is O=C(O)c1cc(F)c(NCCOC2CCCCC2)c(F)c1. The highest BCUT2D eigenvalue weighted by molar-refractivity contribution is 5.88. The van der Waals surface area contributed by atoms with Crippen LogP contribution >= 0.6 is 0 Å². The number of carboxylic acid groups (broad SMARTS) is 1. The van der Waals surface area contributed by atoms with Gasteiger partial charge in [-0.3, -0.25) is 0 Å². The van der Waals surface area contributed by atoms with Crippen molar-refractivity contribution in [2.75, 3.05) is 18.5 Å². The second-order valence-corrected chi connectivity index (χ2v) is 5.18. The molecule has 2 rings (SSSR count). The molecular formula is C15H19F2NO3. The Bertz CT molecular complexity index is 479. The van der Waals surface area contributed by atoms with Gasteiger partial charge in [-0.1, -0.05) is 19.3 Å². The second-order valence-electron chi connectivity index (χ2n) is 5.18. The quantitative estimate of drug-likeness (QED) is 0.790. The summed E-state index contributed by atoms with van der Waals surface area (Å²) in [5.74, 6) is -3.19. The standard InChI is InChI=1S/C15H19F2NO3/c16-12-8-10(15(19)20)9-13(17)14(12)18-6-7-21-11-4-2-1-3-5-11/h8-9,11,18H,1-7H2,(H,19,20). The lowest BCUT2D eigenvalue weighted by atomic mass is 9.98. The molecule has 0 heterocycles. The monoisotopic (exact) mass is 299 g/mol. The smallest absolute Gasteiger partial charge is 0.335 e. The van der Waals surface area contributed by atoms with E-state index in [0.29, 0.717) is 6.61 Å². The Kier molecular flexibility index (Phi) is 5.50. The van der Waals surface area contributed by atoms with Gasteiger partial charge in [0.05, 0.1) is 18.3 Å². The second kappa shape index (κ2) is 7.36. The predicted octanol–water partition coefficient (Wildman–Crippen LogP) is 3.42. The first-order chi connectivity index (χ1) is 10.1. The summed E-state index contributed by atoms with van der Waals surface area (Å²) in [5.41, 5.74) is -0.721. The van der Waals surface area contributed by atoms with Gasteiger partial charge in [0.15, 0.2) is 0 Å². The van der Waals surface area contributed by atoms with Crippen LogP contribution in [0.5, 0.6) is 0 Å². The molecule has 1 aliphatic rings. The van der Waals surface area contributed by atoms with E-state index in [2.05, 4.69) is 5.32 Å².